The summed E-state index contributed by atoms with van der Waals surface area (Å²) in [5, 5.41) is 9.83. The van der Waals surface area contributed by atoms with Crippen molar-refractivity contribution >= 4 is 32.7 Å². The second kappa shape index (κ2) is 6.91. The smallest absolute Gasteiger partial charge is 0.257 e. The highest BCUT2D eigenvalue weighted by Crippen LogP contribution is 2.23. The summed E-state index contributed by atoms with van der Waals surface area (Å²) in [5.74, 6) is 0.875. The van der Waals surface area contributed by atoms with Gasteiger partial charge in [-0.1, -0.05) is 13.0 Å². The van der Waals surface area contributed by atoms with Gasteiger partial charge < -0.3 is 4.42 Å². The number of thiophene rings is 2. The van der Waals surface area contributed by atoms with E-state index in [1.165, 1.54) is 22.7 Å². The lowest BCUT2D eigenvalue weighted by molar-refractivity contribution is 0.503. The standard InChI is InChI=1S/C14H15N3O3S3/c1-2-10-5-6-13(22-10)23(18,19)15-8-7-12-16-17-14(20-12)11-4-3-9-21-11/h3-6,9,15H,2,7-8H2,1H3. The maximum absolute atomic E-state index is 12.2. The number of nitrogens with one attached hydrogen (secondary N) is 1. The van der Waals surface area contributed by atoms with E-state index < -0.39 is 10.0 Å². The lowest BCUT2D eigenvalue weighted by atomic mass is 10.4. The minimum atomic E-state index is -3.48. The zero-order valence-corrected chi connectivity index (χ0v) is 14.8. The van der Waals surface area contributed by atoms with E-state index in [9.17, 15) is 8.42 Å². The lowest BCUT2D eigenvalue weighted by Gasteiger charge is -2.02. The fourth-order valence-electron chi connectivity index (χ4n) is 1.91. The normalized spacial score (nSPS) is 11.9. The van der Waals surface area contributed by atoms with E-state index in [0.29, 0.717) is 22.4 Å². The van der Waals surface area contributed by atoms with Crippen LogP contribution in [0.25, 0.3) is 10.8 Å². The molecule has 0 saturated carbocycles. The third-order valence-corrected chi connectivity index (χ3v) is 7.12. The molecule has 0 spiro atoms. The van der Waals surface area contributed by atoms with Crippen molar-refractivity contribution < 1.29 is 12.8 Å². The van der Waals surface area contributed by atoms with Gasteiger partial charge in [0.15, 0.2) is 0 Å². The van der Waals surface area contributed by atoms with E-state index in [2.05, 4.69) is 14.9 Å². The Kier molecular flexibility index (Phi) is 4.90. The number of aromatic nitrogens is 2. The average molecular weight is 369 g/mol. The fraction of sp³-hybridized carbons (Fsp3) is 0.286. The number of nitrogens with zero attached hydrogens (tertiary/aromatic N) is 2. The van der Waals surface area contributed by atoms with Gasteiger partial charge in [0.05, 0.1) is 4.88 Å². The van der Waals surface area contributed by atoms with Crippen LogP contribution in [0.3, 0.4) is 0 Å². The Morgan fingerprint density at radius 1 is 1.26 bits per heavy atom. The Bertz CT molecular complexity index is 866. The van der Waals surface area contributed by atoms with Crippen LogP contribution in [0, 0.1) is 0 Å². The van der Waals surface area contributed by atoms with Crippen LogP contribution in [0.5, 0.6) is 0 Å². The van der Waals surface area contributed by atoms with Crippen molar-refractivity contribution in [2.45, 2.75) is 24.0 Å². The van der Waals surface area contributed by atoms with Gasteiger partial charge in [0, 0.05) is 17.8 Å². The van der Waals surface area contributed by atoms with Crippen LogP contribution in [0.2, 0.25) is 0 Å². The fourth-order valence-corrected chi connectivity index (χ4v) is 4.93. The van der Waals surface area contributed by atoms with Crippen molar-refractivity contribution in [1.29, 1.82) is 0 Å². The van der Waals surface area contributed by atoms with Gasteiger partial charge in [-0.3, -0.25) is 0 Å². The van der Waals surface area contributed by atoms with Crippen LogP contribution in [0.1, 0.15) is 17.7 Å². The Balaban J connectivity index is 1.58. The summed E-state index contributed by atoms with van der Waals surface area (Å²) in [6.45, 7) is 2.21. The molecule has 1 N–H and O–H groups in total. The first-order valence-corrected chi connectivity index (χ1v) is 10.2. The average Bonchev–Trinajstić information content (AvgIpc) is 3.27. The van der Waals surface area contributed by atoms with Crippen molar-refractivity contribution in [2.24, 2.45) is 0 Å². The first-order chi connectivity index (χ1) is 11.1. The maximum atomic E-state index is 12.2. The highest BCUT2D eigenvalue weighted by Gasteiger charge is 2.17. The summed E-state index contributed by atoms with van der Waals surface area (Å²) in [6.07, 6.45) is 1.18. The topological polar surface area (TPSA) is 85.1 Å². The maximum Gasteiger partial charge on any atom is 0.257 e. The van der Waals surface area contributed by atoms with Gasteiger partial charge in [-0.25, -0.2) is 13.1 Å². The molecular formula is C14H15N3O3S3. The number of sulfonamides is 1. The minimum absolute atomic E-state index is 0.216. The van der Waals surface area contributed by atoms with Gasteiger partial charge in [0.1, 0.15) is 4.21 Å². The van der Waals surface area contributed by atoms with Crippen molar-refractivity contribution in [2.75, 3.05) is 6.54 Å². The van der Waals surface area contributed by atoms with Gasteiger partial charge in [-0.2, -0.15) is 0 Å². The molecule has 9 heteroatoms. The zero-order chi connectivity index (χ0) is 16.3. The number of hydrogen-bond acceptors (Lipinski definition) is 7. The molecule has 3 aromatic rings. The van der Waals surface area contributed by atoms with Crippen LogP contribution in [-0.2, 0) is 22.9 Å². The Labute approximate surface area is 142 Å². The molecule has 0 amide bonds. The molecule has 3 heterocycles. The van der Waals surface area contributed by atoms with E-state index in [4.69, 9.17) is 4.42 Å². The third-order valence-electron chi connectivity index (χ3n) is 3.08. The van der Waals surface area contributed by atoms with Crippen LogP contribution in [-0.4, -0.2) is 25.2 Å². The summed E-state index contributed by atoms with van der Waals surface area (Å²) in [5.41, 5.74) is 0. The van der Waals surface area contributed by atoms with Crippen LogP contribution >= 0.6 is 22.7 Å². The van der Waals surface area contributed by atoms with Gasteiger partial charge in [0.2, 0.25) is 15.9 Å². The van der Waals surface area contributed by atoms with Gasteiger partial charge in [0.25, 0.3) is 5.89 Å². The largest absolute Gasteiger partial charge is 0.420 e. The summed E-state index contributed by atoms with van der Waals surface area (Å²) in [6, 6.07) is 7.27. The third kappa shape index (κ3) is 3.86. The Morgan fingerprint density at radius 3 is 2.83 bits per heavy atom. The quantitative estimate of drug-likeness (QED) is 0.692. The van der Waals surface area contributed by atoms with Crippen molar-refractivity contribution in [3.8, 4) is 10.8 Å². The SMILES string of the molecule is CCc1ccc(S(=O)(=O)NCCc2nnc(-c3cccs3)o2)s1. The molecule has 0 aliphatic rings. The molecular weight excluding hydrogens is 354 g/mol. The van der Waals surface area contributed by atoms with Crippen molar-refractivity contribution in [3.05, 3.63) is 40.4 Å². The van der Waals surface area contributed by atoms with Crippen molar-refractivity contribution in [3.63, 3.8) is 0 Å². The molecule has 0 bridgehead atoms. The molecule has 0 aliphatic heterocycles. The highest BCUT2D eigenvalue weighted by atomic mass is 32.2. The zero-order valence-electron chi connectivity index (χ0n) is 12.4. The second-order valence-corrected chi connectivity index (χ2v) is 8.81. The monoisotopic (exact) mass is 369 g/mol. The summed E-state index contributed by atoms with van der Waals surface area (Å²) < 4.78 is 32.8. The van der Waals surface area contributed by atoms with E-state index in [-0.39, 0.29) is 6.54 Å². The molecule has 122 valence electrons. The lowest BCUT2D eigenvalue weighted by Crippen LogP contribution is -2.25. The Hall–Kier alpha value is -1.55. The first-order valence-electron chi connectivity index (χ1n) is 7.03. The van der Waals surface area contributed by atoms with E-state index >= 15 is 0 Å². The number of hydrogen-bond donors (Lipinski definition) is 1. The molecule has 0 aliphatic carbocycles. The van der Waals surface area contributed by atoms with Gasteiger partial charge >= 0.3 is 0 Å². The first kappa shape index (κ1) is 16.3. The molecule has 0 fully saturated rings. The van der Waals surface area contributed by atoms with Crippen LogP contribution < -0.4 is 4.72 Å². The van der Waals surface area contributed by atoms with Gasteiger partial charge in [-0.15, -0.1) is 32.9 Å². The van der Waals surface area contributed by atoms with E-state index in [1.54, 1.807) is 6.07 Å². The number of aryl methyl sites for hydroxylation is 1. The second-order valence-electron chi connectivity index (χ2n) is 4.70. The summed E-state index contributed by atoms with van der Waals surface area (Å²) in [7, 11) is -3.48. The highest BCUT2D eigenvalue weighted by molar-refractivity contribution is 7.91. The minimum Gasteiger partial charge on any atom is -0.420 e. The molecule has 23 heavy (non-hydrogen) atoms. The predicted molar refractivity (Wildman–Crippen MR) is 90.2 cm³/mol. The molecule has 0 saturated heterocycles. The molecule has 3 rings (SSSR count). The van der Waals surface area contributed by atoms with Crippen LogP contribution in [0.15, 0.2) is 38.3 Å². The molecule has 0 unspecified atom stereocenters. The molecule has 0 aromatic carbocycles. The molecule has 0 radical (unpaired) electrons. The molecule has 3 aromatic heterocycles. The van der Waals surface area contributed by atoms with Gasteiger partial charge in [-0.05, 0) is 30.0 Å². The summed E-state index contributed by atoms with van der Waals surface area (Å²) in [4.78, 5) is 1.94. The molecule has 6 nitrogen and oxygen atoms in total. The van der Waals surface area contributed by atoms with Crippen molar-refractivity contribution in [1.82, 2.24) is 14.9 Å². The summed E-state index contributed by atoms with van der Waals surface area (Å²) >= 11 is 2.80. The number of rotatable bonds is 7. The molecule has 0 atom stereocenters. The Morgan fingerprint density at radius 2 is 2.13 bits per heavy atom. The van der Waals surface area contributed by atoms with E-state index in [0.717, 1.165) is 16.2 Å². The predicted octanol–water partition coefficient (Wildman–Crippen LogP) is 2.94. The van der Waals surface area contributed by atoms with E-state index in [1.807, 2.05) is 30.5 Å². The van der Waals surface area contributed by atoms with Crippen LogP contribution in [0.4, 0.5) is 0 Å².